The van der Waals surface area contributed by atoms with Crippen molar-refractivity contribution < 1.29 is 4.79 Å². The van der Waals surface area contributed by atoms with Gasteiger partial charge >= 0.3 is 0 Å². The predicted molar refractivity (Wildman–Crippen MR) is 54.4 cm³/mol. The molecule has 74 valence electrons. The van der Waals surface area contributed by atoms with Gasteiger partial charge in [0, 0.05) is 0 Å². The third-order valence-electron chi connectivity index (χ3n) is 1.55. The first-order valence-corrected chi connectivity index (χ1v) is 5.04. The molecule has 0 spiro atoms. The van der Waals surface area contributed by atoms with E-state index in [-0.39, 0.29) is 11.8 Å². The van der Waals surface area contributed by atoms with Crippen molar-refractivity contribution in [1.82, 2.24) is 5.32 Å². The maximum atomic E-state index is 10.6. The van der Waals surface area contributed by atoms with Crippen LogP contribution in [0.4, 0.5) is 0 Å². The number of Topliss-reactive ketones (excluding diaryl/α,β-unsaturated/α-hetero) is 1. The fourth-order valence-electron chi connectivity index (χ4n) is 1.03. The fourth-order valence-corrected chi connectivity index (χ4v) is 1.03. The molecule has 0 saturated carbocycles. The van der Waals surface area contributed by atoms with Gasteiger partial charge in [-0.1, -0.05) is 27.7 Å². The van der Waals surface area contributed by atoms with Crippen LogP contribution < -0.4 is 5.32 Å². The predicted octanol–water partition coefficient (Wildman–Crippen LogP) is 2.38. The average Bonchev–Trinajstić information content (AvgIpc) is 2.64. The zero-order chi connectivity index (χ0) is 9.98. The fraction of sp³-hybridized carbons (Fsp3) is 0.900. The van der Waals surface area contributed by atoms with Crippen molar-refractivity contribution >= 4 is 5.78 Å². The topological polar surface area (TPSA) is 29.1 Å². The normalized spacial score (nSPS) is 19.9. The maximum absolute atomic E-state index is 10.6. The van der Waals surface area contributed by atoms with Gasteiger partial charge < -0.3 is 5.32 Å². The zero-order valence-electron chi connectivity index (χ0n) is 9.11. The highest BCUT2D eigenvalue weighted by atomic mass is 16.1. The molecule has 0 bridgehead atoms. The molecule has 1 saturated heterocycles. The van der Waals surface area contributed by atoms with Gasteiger partial charge in [-0.2, -0.15) is 0 Å². The van der Waals surface area contributed by atoms with Crippen LogP contribution in [-0.2, 0) is 4.79 Å². The summed E-state index contributed by atoms with van der Waals surface area (Å²) in [7, 11) is 0. The molecule has 0 radical (unpaired) electrons. The Morgan fingerprint density at radius 1 is 1.25 bits per heavy atom. The Balaban J connectivity index is 0. The first-order valence-electron chi connectivity index (χ1n) is 5.04. The quantitative estimate of drug-likeness (QED) is 0.659. The van der Waals surface area contributed by atoms with Gasteiger partial charge in [0.25, 0.3) is 0 Å². The molecule has 1 aliphatic rings. The number of carbonyl (C=O) groups is 1. The van der Waals surface area contributed by atoms with Crippen molar-refractivity contribution in [2.75, 3.05) is 6.54 Å². The maximum Gasteiger partial charge on any atom is 0.146 e. The molecular weight excluding hydrogens is 150 g/mol. The molecule has 2 heteroatoms. The minimum atomic E-state index is 0.176. The van der Waals surface area contributed by atoms with E-state index in [9.17, 15) is 4.79 Å². The molecule has 0 aromatic carbocycles. The van der Waals surface area contributed by atoms with E-state index in [2.05, 4.69) is 5.32 Å². The molecule has 0 unspecified atom stereocenters. The Morgan fingerprint density at radius 2 is 1.75 bits per heavy atom. The summed E-state index contributed by atoms with van der Waals surface area (Å²) in [5.41, 5.74) is 0. The van der Waals surface area contributed by atoms with Crippen LogP contribution in [0.15, 0.2) is 0 Å². The smallest absolute Gasteiger partial charge is 0.146 e. The van der Waals surface area contributed by atoms with E-state index >= 15 is 0 Å². The van der Waals surface area contributed by atoms with E-state index in [0.717, 1.165) is 19.4 Å². The molecule has 2 nitrogen and oxygen atoms in total. The van der Waals surface area contributed by atoms with Crippen molar-refractivity contribution in [1.29, 1.82) is 0 Å². The summed E-state index contributed by atoms with van der Waals surface area (Å²) < 4.78 is 0. The van der Waals surface area contributed by atoms with E-state index in [1.165, 1.54) is 0 Å². The van der Waals surface area contributed by atoms with Gasteiger partial charge in [-0.15, -0.1) is 0 Å². The monoisotopic (exact) mass is 173 g/mol. The van der Waals surface area contributed by atoms with Crippen molar-refractivity contribution in [3.63, 3.8) is 0 Å². The molecule has 1 aliphatic heterocycles. The highest BCUT2D eigenvalue weighted by molar-refractivity contribution is 5.81. The lowest BCUT2D eigenvalue weighted by Crippen LogP contribution is -2.28. The summed E-state index contributed by atoms with van der Waals surface area (Å²) in [5.74, 6) is 0.280. The SMILES string of the molecule is CC.CC.CC(=O)[C@@H]1CCCN1. The lowest BCUT2D eigenvalue weighted by atomic mass is 10.2. The number of carbonyl (C=O) groups excluding carboxylic acids is 1. The summed E-state index contributed by atoms with van der Waals surface area (Å²) in [4.78, 5) is 10.6. The first-order chi connectivity index (χ1) is 5.80. The summed E-state index contributed by atoms with van der Waals surface area (Å²) in [6, 6.07) is 0.176. The van der Waals surface area contributed by atoms with Crippen LogP contribution in [-0.4, -0.2) is 18.4 Å². The van der Waals surface area contributed by atoms with Gasteiger partial charge in [-0.05, 0) is 26.3 Å². The highest BCUT2D eigenvalue weighted by Crippen LogP contribution is 2.04. The molecule has 0 amide bonds. The second kappa shape index (κ2) is 10.6. The molecule has 0 aromatic heterocycles. The lowest BCUT2D eigenvalue weighted by molar-refractivity contribution is -0.118. The third kappa shape index (κ3) is 6.35. The Labute approximate surface area is 76.7 Å². The Bertz CT molecular complexity index is 96.0. The summed E-state index contributed by atoms with van der Waals surface area (Å²) in [6.45, 7) is 10.7. The lowest BCUT2D eigenvalue weighted by Gasteiger charge is -2.01. The Morgan fingerprint density at radius 3 is 1.92 bits per heavy atom. The van der Waals surface area contributed by atoms with Gasteiger partial charge in [0.2, 0.25) is 0 Å². The van der Waals surface area contributed by atoms with Crippen molar-refractivity contribution in [2.24, 2.45) is 0 Å². The van der Waals surface area contributed by atoms with Gasteiger partial charge in [0.05, 0.1) is 6.04 Å². The van der Waals surface area contributed by atoms with Crippen molar-refractivity contribution in [3.05, 3.63) is 0 Å². The minimum absolute atomic E-state index is 0.176. The zero-order valence-corrected chi connectivity index (χ0v) is 9.11. The molecule has 1 rings (SSSR count). The molecule has 1 heterocycles. The molecular formula is C10H23NO. The summed E-state index contributed by atoms with van der Waals surface area (Å²) >= 11 is 0. The number of rotatable bonds is 1. The van der Waals surface area contributed by atoms with E-state index < -0.39 is 0 Å². The molecule has 0 aliphatic carbocycles. The molecule has 1 atom stereocenters. The van der Waals surface area contributed by atoms with Crippen LogP contribution in [0.1, 0.15) is 47.5 Å². The van der Waals surface area contributed by atoms with Gasteiger partial charge in [-0.25, -0.2) is 0 Å². The molecule has 1 N–H and O–H groups in total. The van der Waals surface area contributed by atoms with E-state index in [1.54, 1.807) is 6.92 Å². The van der Waals surface area contributed by atoms with Crippen LogP contribution in [0, 0.1) is 0 Å². The number of ketones is 1. The van der Waals surface area contributed by atoms with Crippen LogP contribution in [0.3, 0.4) is 0 Å². The largest absolute Gasteiger partial charge is 0.307 e. The standard InChI is InChI=1S/C6H11NO.2C2H6/c1-5(8)6-3-2-4-7-6;2*1-2/h6-7H,2-4H2,1H3;2*1-2H3/t6-;;/m0../s1. The Kier molecular flexibility index (Phi) is 12.6. The Hall–Kier alpha value is -0.370. The van der Waals surface area contributed by atoms with Gasteiger partial charge in [-0.3, -0.25) is 4.79 Å². The van der Waals surface area contributed by atoms with E-state index in [4.69, 9.17) is 0 Å². The second-order valence-electron chi connectivity index (χ2n) is 2.26. The van der Waals surface area contributed by atoms with Crippen molar-refractivity contribution in [3.8, 4) is 0 Å². The van der Waals surface area contributed by atoms with Crippen LogP contribution in [0.25, 0.3) is 0 Å². The van der Waals surface area contributed by atoms with Gasteiger partial charge in [0.15, 0.2) is 0 Å². The van der Waals surface area contributed by atoms with E-state index in [1.807, 2.05) is 27.7 Å². The van der Waals surface area contributed by atoms with Gasteiger partial charge in [0.1, 0.15) is 5.78 Å². The molecule has 12 heavy (non-hydrogen) atoms. The van der Waals surface area contributed by atoms with Crippen LogP contribution in [0.5, 0.6) is 0 Å². The van der Waals surface area contributed by atoms with Crippen LogP contribution in [0.2, 0.25) is 0 Å². The molecule has 0 aromatic rings. The molecule has 1 fully saturated rings. The second-order valence-corrected chi connectivity index (χ2v) is 2.26. The summed E-state index contributed by atoms with van der Waals surface area (Å²) in [5, 5.41) is 3.11. The van der Waals surface area contributed by atoms with Crippen LogP contribution >= 0.6 is 0 Å². The number of hydrogen-bond acceptors (Lipinski definition) is 2. The van der Waals surface area contributed by atoms with Crippen molar-refractivity contribution in [2.45, 2.75) is 53.5 Å². The van der Waals surface area contributed by atoms with E-state index in [0.29, 0.717) is 0 Å². The first kappa shape index (κ1) is 14.2. The number of nitrogens with one attached hydrogen (secondary N) is 1. The third-order valence-corrected chi connectivity index (χ3v) is 1.55. The highest BCUT2D eigenvalue weighted by Gasteiger charge is 2.17. The average molecular weight is 173 g/mol. The number of hydrogen-bond donors (Lipinski definition) is 1. The summed E-state index contributed by atoms with van der Waals surface area (Å²) in [6.07, 6.45) is 2.19. The minimum Gasteiger partial charge on any atom is -0.307 e.